The maximum atomic E-state index is 11.2. The first-order valence-corrected chi connectivity index (χ1v) is 4.91. The third-order valence-electron chi connectivity index (χ3n) is 2.32. The highest BCUT2D eigenvalue weighted by Gasteiger charge is 2.30. The standard InChI is InChI=1S/C10H17O3/c1-10(2,12)9(11)13-8-6-4-3-5-7-8/h8H,3-7H2,1-2H3. The van der Waals surface area contributed by atoms with Gasteiger partial charge in [-0.15, -0.1) is 0 Å². The first kappa shape index (κ1) is 10.5. The van der Waals surface area contributed by atoms with Crippen LogP contribution in [0.4, 0.5) is 0 Å². The fraction of sp³-hybridized carbons (Fsp3) is 0.900. The van der Waals surface area contributed by atoms with Crippen LogP contribution in [0.2, 0.25) is 0 Å². The van der Waals surface area contributed by atoms with Crippen LogP contribution in [0.15, 0.2) is 0 Å². The number of esters is 1. The van der Waals surface area contributed by atoms with Crippen LogP contribution in [0.5, 0.6) is 0 Å². The molecule has 1 fully saturated rings. The molecule has 1 aliphatic carbocycles. The summed E-state index contributed by atoms with van der Waals surface area (Å²) >= 11 is 0. The van der Waals surface area contributed by atoms with Gasteiger partial charge < -0.3 is 4.74 Å². The van der Waals surface area contributed by atoms with E-state index < -0.39 is 11.6 Å². The predicted molar refractivity (Wildman–Crippen MR) is 47.7 cm³/mol. The molecular formula is C10H17O3. The molecule has 0 heterocycles. The average Bonchev–Trinajstić information content (AvgIpc) is 2.04. The molecule has 0 amide bonds. The van der Waals surface area contributed by atoms with Crippen molar-refractivity contribution < 1.29 is 14.6 Å². The summed E-state index contributed by atoms with van der Waals surface area (Å²) in [6.45, 7) is 2.69. The minimum absolute atomic E-state index is 0.00512. The Hall–Kier alpha value is -0.570. The molecule has 0 spiro atoms. The van der Waals surface area contributed by atoms with Gasteiger partial charge in [0.15, 0.2) is 5.60 Å². The largest absolute Gasteiger partial charge is 0.460 e. The second-order valence-electron chi connectivity index (χ2n) is 4.18. The molecule has 1 rings (SSSR count). The molecule has 1 saturated carbocycles. The van der Waals surface area contributed by atoms with Crippen LogP contribution in [-0.2, 0) is 14.6 Å². The zero-order valence-corrected chi connectivity index (χ0v) is 8.34. The topological polar surface area (TPSA) is 46.2 Å². The summed E-state index contributed by atoms with van der Waals surface area (Å²) < 4.78 is 5.10. The fourth-order valence-electron chi connectivity index (χ4n) is 1.48. The Morgan fingerprint density at radius 2 is 1.77 bits per heavy atom. The van der Waals surface area contributed by atoms with Crippen molar-refractivity contribution in [3.8, 4) is 0 Å². The molecule has 0 atom stereocenters. The van der Waals surface area contributed by atoms with Crippen molar-refractivity contribution in [3.05, 3.63) is 0 Å². The lowest BCUT2D eigenvalue weighted by molar-refractivity contribution is -0.175. The molecule has 1 radical (unpaired) electrons. The molecule has 0 N–H and O–H groups in total. The smallest absolute Gasteiger partial charge is 0.341 e. The summed E-state index contributed by atoms with van der Waals surface area (Å²) in [7, 11) is 0. The van der Waals surface area contributed by atoms with E-state index in [1.165, 1.54) is 20.3 Å². The summed E-state index contributed by atoms with van der Waals surface area (Å²) in [6.07, 6.45) is 5.27. The lowest BCUT2D eigenvalue weighted by Gasteiger charge is -2.24. The molecule has 0 aliphatic heterocycles. The van der Waals surface area contributed by atoms with E-state index in [1.807, 2.05) is 0 Å². The van der Waals surface area contributed by atoms with E-state index >= 15 is 0 Å². The number of carbonyl (C=O) groups is 1. The fourth-order valence-corrected chi connectivity index (χ4v) is 1.48. The molecule has 1 aliphatic rings. The number of ether oxygens (including phenoxy) is 1. The van der Waals surface area contributed by atoms with Gasteiger partial charge in [-0.1, -0.05) is 6.42 Å². The van der Waals surface area contributed by atoms with Gasteiger partial charge in [-0.2, -0.15) is 0 Å². The Labute approximate surface area is 79.1 Å². The van der Waals surface area contributed by atoms with Crippen molar-refractivity contribution in [3.63, 3.8) is 0 Å². The second-order valence-corrected chi connectivity index (χ2v) is 4.18. The van der Waals surface area contributed by atoms with Crippen molar-refractivity contribution in [2.75, 3.05) is 0 Å². The van der Waals surface area contributed by atoms with Crippen molar-refractivity contribution in [2.45, 2.75) is 57.7 Å². The monoisotopic (exact) mass is 185 g/mol. The van der Waals surface area contributed by atoms with Gasteiger partial charge in [0.1, 0.15) is 6.10 Å². The highest BCUT2D eigenvalue weighted by molar-refractivity contribution is 5.78. The van der Waals surface area contributed by atoms with Crippen molar-refractivity contribution in [1.29, 1.82) is 0 Å². The molecule has 0 unspecified atom stereocenters. The van der Waals surface area contributed by atoms with Gasteiger partial charge in [0, 0.05) is 0 Å². The van der Waals surface area contributed by atoms with Crippen LogP contribution in [-0.4, -0.2) is 17.7 Å². The van der Waals surface area contributed by atoms with Crippen molar-refractivity contribution in [1.82, 2.24) is 0 Å². The highest BCUT2D eigenvalue weighted by Crippen LogP contribution is 2.21. The Morgan fingerprint density at radius 1 is 1.23 bits per heavy atom. The van der Waals surface area contributed by atoms with E-state index in [9.17, 15) is 9.90 Å². The minimum Gasteiger partial charge on any atom is -0.460 e. The molecule has 3 nitrogen and oxygen atoms in total. The van der Waals surface area contributed by atoms with Crippen LogP contribution in [0.3, 0.4) is 0 Å². The van der Waals surface area contributed by atoms with Gasteiger partial charge >= 0.3 is 5.97 Å². The number of hydrogen-bond donors (Lipinski definition) is 0. The molecule has 0 aromatic heterocycles. The van der Waals surface area contributed by atoms with Gasteiger partial charge in [0.25, 0.3) is 0 Å². The summed E-state index contributed by atoms with van der Waals surface area (Å²) in [4.78, 5) is 11.2. The number of hydrogen-bond acceptors (Lipinski definition) is 2. The Kier molecular flexibility index (Phi) is 3.31. The van der Waals surface area contributed by atoms with Crippen LogP contribution >= 0.6 is 0 Å². The molecule has 0 bridgehead atoms. The Bertz CT molecular complexity index is 175. The van der Waals surface area contributed by atoms with E-state index in [0.29, 0.717) is 0 Å². The number of rotatable bonds is 2. The first-order valence-electron chi connectivity index (χ1n) is 4.91. The average molecular weight is 185 g/mol. The van der Waals surface area contributed by atoms with Crippen LogP contribution in [0.1, 0.15) is 46.0 Å². The first-order chi connectivity index (χ1) is 6.00. The van der Waals surface area contributed by atoms with E-state index in [-0.39, 0.29) is 6.10 Å². The Balaban J connectivity index is 2.35. The summed E-state index contributed by atoms with van der Waals surface area (Å²) in [5, 5.41) is 11.2. The molecule has 13 heavy (non-hydrogen) atoms. The third-order valence-corrected chi connectivity index (χ3v) is 2.32. The van der Waals surface area contributed by atoms with Gasteiger partial charge in [-0.05, 0) is 39.5 Å². The molecule has 3 heteroatoms. The van der Waals surface area contributed by atoms with Crippen molar-refractivity contribution >= 4 is 5.97 Å². The SMILES string of the molecule is CC(C)([O])C(=O)OC1CCCCC1. The lowest BCUT2D eigenvalue weighted by atomic mass is 9.97. The number of carbonyl (C=O) groups excluding carboxylic acids is 1. The van der Waals surface area contributed by atoms with Crippen LogP contribution < -0.4 is 0 Å². The normalized spacial score (nSPS) is 19.9. The molecular weight excluding hydrogens is 168 g/mol. The van der Waals surface area contributed by atoms with E-state index in [4.69, 9.17) is 4.74 Å². The van der Waals surface area contributed by atoms with Gasteiger partial charge in [-0.25, -0.2) is 9.90 Å². The van der Waals surface area contributed by atoms with Crippen LogP contribution in [0.25, 0.3) is 0 Å². The quantitative estimate of drug-likeness (QED) is 0.618. The summed E-state index contributed by atoms with van der Waals surface area (Å²) in [5.74, 6) is -0.612. The molecule has 0 aromatic rings. The van der Waals surface area contributed by atoms with E-state index in [0.717, 1.165) is 25.7 Å². The third kappa shape index (κ3) is 3.35. The van der Waals surface area contributed by atoms with Gasteiger partial charge in [0.2, 0.25) is 0 Å². The van der Waals surface area contributed by atoms with E-state index in [2.05, 4.69) is 0 Å². The van der Waals surface area contributed by atoms with E-state index in [1.54, 1.807) is 0 Å². The highest BCUT2D eigenvalue weighted by atomic mass is 16.6. The zero-order valence-electron chi connectivity index (χ0n) is 8.34. The second kappa shape index (κ2) is 4.09. The van der Waals surface area contributed by atoms with Crippen molar-refractivity contribution in [2.24, 2.45) is 0 Å². The van der Waals surface area contributed by atoms with Gasteiger partial charge in [0.05, 0.1) is 0 Å². The van der Waals surface area contributed by atoms with Crippen LogP contribution in [0, 0.1) is 0 Å². The molecule has 0 saturated heterocycles. The molecule has 75 valence electrons. The summed E-state index contributed by atoms with van der Waals surface area (Å²) in [5.41, 5.74) is -1.60. The predicted octanol–water partition coefficient (Wildman–Crippen LogP) is 2.07. The minimum atomic E-state index is -1.60. The Morgan fingerprint density at radius 3 is 2.23 bits per heavy atom. The maximum absolute atomic E-state index is 11.2. The maximum Gasteiger partial charge on any atom is 0.341 e. The zero-order chi connectivity index (χ0) is 9.90. The van der Waals surface area contributed by atoms with Gasteiger partial charge in [-0.3, -0.25) is 0 Å². The lowest BCUT2D eigenvalue weighted by Crippen LogP contribution is -2.35. The molecule has 0 aromatic carbocycles. The summed E-state index contributed by atoms with van der Waals surface area (Å²) in [6, 6.07) is 0.